The first kappa shape index (κ1) is 25.6. The largest absolute Gasteiger partial charge is 0.456 e. The Balaban J connectivity index is 1.39. The average molecular weight is 587 g/mol. The molecule has 0 unspecified atom stereocenters. The lowest BCUT2D eigenvalue weighted by Crippen LogP contribution is -2.33. The molecule has 2 aliphatic carbocycles. The van der Waals surface area contributed by atoms with Crippen LogP contribution in [0.3, 0.4) is 0 Å². The minimum Gasteiger partial charge on any atom is -0.456 e. The fourth-order valence-corrected chi connectivity index (χ4v) is 9.00. The van der Waals surface area contributed by atoms with Crippen LogP contribution in [-0.4, -0.2) is 0 Å². The van der Waals surface area contributed by atoms with Crippen LogP contribution in [0.1, 0.15) is 50.1 Å². The van der Waals surface area contributed by atoms with Crippen LogP contribution in [0.25, 0.3) is 22.3 Å². The van der Waals surface area contributed by atoms with Gasteiger partial charge in [-0.25, -0.2) is 0 Å². The Morgan fingerprint density at radius 2 is 0.891 bits per heavy atom. The molecule has 7 aromatic carbocycles. The summed E-state index contributed by atoms with van der Waals surface area (Å²) in [7, 11) is 0. The molecule has 7 aromatic rings. The Morgan fingerprint density at radius 3 is 1.54 bits per heavy atom. The monoisotopic (exact) mass is 586 g/mol. The molecule has 0 aromatic heterocycles. The Morgan fingerprint density at radius 1 is 0.391 bits per heavy atom. The van der Waals surface area contributed by atoms with E-state index in [2.05, 4.69) is 171 Å². The van der Waals surface area contributed by atoms with Gasteiger partial charge in [0.25, 0.3) is 0 Å². The van der Waals surface area contributed by atoms with Gasteiger partial charge in [-0.15, -0.1) is 0 Å². The molecule has 0 radical (unpaired) electrons. The van der Waals surface area contributed by atoms with Crippen molar-refractivity contribution in [1.29, 1.82) is 0 Å². The molecule has 0 fully saturated rings. The molecule has 216 valence electrons. The van der Waals surface area contributed by atoms with Crippen molar-refractivity contribution in [2.24, 2.45) is 0 Å². The zero-order valence-corrected chi connectivity index (χ0v) is 25.5. The first-order valence-corrected chi connectivity index (χ1v) is 16.1. The Kier molecular flexibility index (Phi) is 5.12. The Hall–Kier alpha value is -5.66. The van der Waals surface area contributed by atoms with Gasteiger partial charge in [0.2, 0.25) is 0 Å². The predicted octanol–water partition coefficient (Wildman–Crippen LogP) is 10.8. The maximum atomic E-state index is 7.20. The zero-order valence-electron chi connectivity index (χ0n) is 25.5. The Bertz CT molecular complexity index is 2260. The molecule has 46 heavy (non-hydrogen) atoms. The molecule has 1 nitrogen and oxygen atoms in total. The lowest BCUT2D eigenvalue weighted by molar-refractivity contribution is 0.437. The topological polar surface area (TPSA) is 9.23 Å². The van der Waals surface area contributed by atoms with Crippen LogP contribution in [0, 0.1) is 6.92 Å². The van der Waals surface area contributed by atoms with Gasteiger partial charge in [-0.05, 0) is 63.1 Å². The number of rotatable bonds is 2. The van der Waals surface area contributed by atoms with Crippen LogP contribution >= 0.6 is 0 Å². The molecule has 0 N–H and O–H groups in total. The summed E-state index contributed by atoms with van der Waals surface area (Å²) in [6.07, 6.45) is 0. The number of hydrogen-bond acceptors (Lipinski definition) is 1. The summed E-state index contributed by atoms with van der Waals surface area (Å²) in [4.78, 5) is 0. The van der Waals surface area contributed by atoms with Gasteiger partial charge in [0.05, 0.1) is 10.8 Å². The van der Waals surface area contributed by atoms with Crippen molar-refractivity contribution in [2.75, 3.05) is 0 Å². The van der Waals surface area contributed by atoms with Crippen LogP contribution in [0.5, 0.6) is 11.5 Å². The van der Waals surface area contributed by atoms with Crippen molar-refractivity contribution < 1.29 is 4.74 Å². The highest BCUT2D eigenvalue weighted by atomic mass is 16.5. The molecule has 1 spiro atoms. The van der Waals surface area contributed by atoms with Gasteiger partial charge in [0, 0.05) is 16.7 Å². The van der Waals surface area contributed by atoms with Crippen molar-refractivity contribution in [3.8, 4) is 33.8 Å². The van der Waals surface area contributed by atoms with E-state index in [1.807, 2.05) is 0 Å². The van der Waals surface area contributed by atoms with E-state index >= 15 is 0 Å². The summed E-state index contributed by atoms with van der Waals surface area (Å²) >= 11 is 0. The molecule has 0 amide bonds. The van der Waals surface area contributed by atoms with E-state index in [0.717, 1.165) is 11.5 Å². The van der Waals surface area contributed by atoms with E-state index < -0.39 is 10.8 Å². The molecule has 0 saturated heterocycles. The van der Waals surface area contributed by atoms with Gasteiger partial charge in [0.1, 0.15) is 11.5 Å². The van der Waals surface area contributed by atoms with Gasteiger partial charge in [-0.2, -0.15) is 0 Å². The SMILES string of the molecule is Cc1ccc2c(c1)-c1c(ccc3c1Oc1ccccc1C31c3ccccc3-c3ccccc31)C2(c1ccccc1)c1ccccc1. The van der Waals surface area contributed by atoms with Crippen molar-refractivity contribution in [1.82, 2.24) is 0 Å². The van der Waals surface area contributed by atoms with E-state index in [1.165, 1.54) is 72.3 Å². The summed E-state index contributed by atoms with van der Waals surface area (Å²) in [5.74, 6) is 1.88. The summed E-state index contributed by atoms with van der Waals surface area (Å²) in [6.45, 7) is 2.20. The molecule has 0 atom stereocenters. The number of hydrogen-bond donors (Lipinski definition) is 0. The summed E-state index contributed by atoms with van der Waals surface area (Å²) in [5.41, 5.74) is 15.4. The Labute approximate surface area is 269 Å². The van der Waals surface area contributed by atoms with Crippen LogP contribution in [0.15, 0.2) is 164 Å². The standard InChI is InChI=1S/C45H30O/c1-29-24-25-37-34(28-29)42-39(44(37,30-14-4-2-5-15-30)31-16-6-3-7-17-31)26-27-40-43(42)46-41-23-13-12-22-38(41)45(40)35-20-10-8-18-32(35)33-19-9-11-21-36(33)45/h2-28H,1H3. The molecule has 1 heteroatoms. The van der Waals surface area contributed by atoms with Gasteiger partial charge in [-0.3, -0.25) is 0 Å². The third-order valence-corrected chi connectivity index (χ3v) is 10.7. The second-order valence-electron chi connectivity index (χ2n) is 12.8. The second kappa shape index (κ2) is 9.19. The fourth-order valence-electron chi connectivity index (χ4n) is 9.00. The average Bonchev–Trinajstić information content (AvgIpc) is 3.58. The third kappa shape index (κ3) is 3.01. The maximum absolute atomic E-state index is 7.20. The highest BCUT2D eigenvalue weighted by molar-refractivity contribution is 5.95. The van der Waals surface area contributed by atoms with Crippen LogP contribution in [0.2, 0.25) is 0 Å². The molecule has 1 heterocycles. The van der Waals surface area contributed by atoms with Crippen molar-refractivity contribution in [3.05, 3.63) is 214 Å². The molecule has 0 bridgehead atoms. The predicted molar refractivity (Wildman–Crippen MR) is 186 cm³/mol. The first-order chi connectivity index (χ1) is 22.7. The van der Waals surface area contributed by atoms with E-state index in [-0.39, 0.29) is 0 Å². The van der Waals surface area contributed by atoms with Crippen LogP contribution in [0.4, 0.5) is 0 Å². The number of fused-ring (bicyclic) bond motifs is 13. The van der Waals surface area contributed by atoms with Gasteiger partial charge >= 0.3 is 0 Å². The molecule has 1 aliphatic heterocycles. The van der Waals surface area contributed by atoms with Gasteiger partial charge in [0.15, 0.2) is 0 Å². The number of aryl methyl sites for hydroxylation is 1. The normalized spacial score (nSPS) is 15.2. The minimum atomic E-state index is -0.499. The molecule has 10 rings (SSSR count). The minimum absolute atomic E-state index is 0.491. The highest BCUT2D eigenvalue weighted by Crippen LogP contribution is 2.66. The first-order valence-electron chi connectivity index (χ1n) is 16.1. The van der Waals surface area contributed by atoms with E-state index in [0.29, 0.717) is 0 Å². The number of ether oxygens (including phenoxy) is 1. The second-order valence-corrected chi connectivity index (χ2v) is 12.8. The highest BCUT2D eigenvalue weighted by Gasteiger charge is 2.54. The maximum Gasteiger partial charge on any atom is 0.140 e. The van der Waals surface area contributed by atoms with Gasteiger partial charge < -0.3 is 4.74 Å². The fraction of sp³-hybridized carbons (Fsp3) is 0.0667. The van der Waals surface area contributed by atoms with E-state index in [9.17, 15) is 0 Å². The third-order valence-electron chi connectivity index (χ3n) is 10.7. The summed E-state index contributed by atoms with van der Waals surface area (Å²) in [6, 6.07) is 60.4. The molecule has 3 aliphatic rings. The number of para-hydroxylation sites is 1. The van der Waals surface area contributed by atoms with Crippen LogP contribution in [-0.2, 0) is 10.8 Å². The summed E-state index contributed by atoms with van der Waals surface area (Å²) < 4.78 is 7.20. The lowest BCUT2D eigenvalue weighted by Gasteiger charge is -2.40. The zero-order chi connectivity index (χ0) is 30.5. The lowest BCUT2D eigenvalue weighted by atomic mass is 9.64. The quantitative estimate of drug-likeness (QED) is 0.196. The van der Waals surface area contributed by atoms with Crippen molar-refractivity contribution in [2.45, 2.75) is 17.8 Å². The van der Waals surface area contributed by atoms with Gasteiger partial charge in [-0.1, -0.05) is 163 Å². The van der Waals surface area contributed by atoms with Crippen LogP contribution < -0.4 is 4.74 Å². The molecule has 0 saturated carbocycles. The van der Waals surface area contributed by atoms with E-state index in [4.69, 9.17) is 4.74 Å². The number of benzene rings is 7. The molecular formula is C45H30O. The smallest absolute Gasteiger partial charge is 0.140 e. The molecular weight excluding hydrogens is 556 g/mol. The van der Waals surface area contributed by atoms with Crippen molar-refractivity contribution >= 4 is 0 Å². The van der Waals surface area contributed by atoms with E-state index in [1.54, 1.807) is 0 Å². The van der Waals surface area contributed by atoms with Crippen molar-refractivity contribution in [3.63, 3.8) is 0 Å². The summed E-state index contributed by atoms with van der Waals surface area (Å²) in [5, 5.41) is 0.